The van der Waals surface area contributed by atoms with Crippen molar-refractivity contribution in [1.82, 2.24) is 5.32 Å². The lowest BCUT2D eigenvalue weighted by atomic mass is 10.2. The summed E-state index contributed by atoms with van der Waals surface area (Å²) < 4.78 is 4.91. The molecule has 3 N–H and O–H groups in total. The number of anilines is 1. The molecular weight excluding hydrogens is 248 g/mol. The predicted molar refractivity (Wildman–Crippen MR) is 71.0 cm³/mol. The lowest BCUT2D eigenvalue weighted by Crippen LogP contribution is -2.30. The molecule has 1 aromatic carbocycles. The number of esters is 1. The van der Waals surface area contributed by atoms with Crippen molar-refractivity contribution in [3.05, 3.63) is 29.8 Å². The Labute approximate surface area is 111 Å². The number of ether oxygens (including phenoxy) is 1. The topological polar surface area (TPSA) is 87.7 Å². The molecule has 0 atom stereocenters. The Kier molecular flexibility index (Phi) is 6.56. The van der Waals surface area contributed by atoms with Gasteiger partial charge in [-0.1, -0.05) is 12.1 Å². The van der Waals surface area contributed by atoms with Crippen molar-refractivity contribution in [3.8, 4) is 0 Å². The van der Waals surface area contributed by atoms with Crippen LogP contribution in [0, 0.1) is 0 Å². The largest absolute Gasteiger partial charge is 0.462 e. The molecule has 104 valence electrons. The molecule has 0 aliphatic rings. The third-order valence-electron chi connectivity index (χ3n) is 2.27. The van der Waals surface area contributed by atoms with E-state index in [1.54, 1.807) is 31.2 Å². The molecular formula is C13H18N2O4. The van der Waals surface area contributed by atoms with Crippen LogP contribution in [0.1, 0.15) is 17.3 Å². The number of carbonyl (C=O) groups is 2. The molecule has 0 spiro atoms. The van der Waals surface area contributed by atoms with Gasteiger partial charge >= 0.3 is 5.97 Å². The molecule has 0 aliphatic carbocycles. The minimum Gasteiger partial charge on any atom is -0.462 e. The van der Waals surface area contributed by atoms with E-state index < -0.39 is 5.97 Å². The zero-order valence-corrected chi connectivity index (χ0v) is 10.8. The summed E-state index contributed by atoms with van der Waals surface area (Å²) >= 11 is 0. The van der Waals surface area contributed by atoms with Crippen LogP contribution in [0.25, 0.3) is 0 Å². The Morgan fingerprint density at radius 1 is 1.32 bits per heavy atom. The van der Waals surface area contributed by atoms with E-state index in [2.05, 4.69) is 10.6 Å². The van der Waals surface area contributed by atoms with Crippen molar-refractivity contribution in [2.24, 2.45) is 0 Å². The van der Waals surface area contributed by atoms with Crippen molar-refractivity contribution in [3.63, 3.8) is 0 Å². The Morgan fingerprint density at radius 3 is 2.74 bits per heavy atom. The van der Waals surface area contributed by atoms with E-state index in [4.69, 9.17) is 9.84 Å². The molecule has 0 aromatic heterocycles. The van der Waals surface area contributed by atoms with Gasteiger partial charge in [0.15, 0.2) is 0 Å². The standard InChI is InChI=1S/C13H18N2O4/c1-2-19-13(18)10-5-3-4-6-11(10)15-12(17)9-14-7-8-16/h3-6,14,16H,2,7-9H2,1H3,(H,15,17). The highest BCUT2D eigenvalue weighted by Crippen LogP contribution is 2.15. The minimum atomic E-state index is -0.471. The minimum absolute atomic E-state index is 0.0350. The Bertz CT molecular complexity index is 434. The number of hydrogen-bond donors (Lipinski definition) is 3. The summed E-state index contributed by atoms with van der Waals surface area (Å²) in [7, 11) is 0. The van der Waals surface area contributed by atoms with Crippen LogP contribution in [0.4, 0.5) is 5.69 Å². The molecule has 6 heteroatoms. The fraction of sp³-hybridized carbons (Fsp3) is 0.385. The van der Waals surface area contributed by atoms with E-state index in [-0.39, 0.29) is 25.7 Å². The number of benzene rings is 1. The molecule has 0 unspecified atom stereocenters. The van der Waals surface area contributed by atoms with E-state index in [0.717, 1.165) is 0 Å². The number of hydrogen-bond acceptors (Lipinski definition) is 5. The van der Waals surface area contributed by atoms with E-state index >= 15 is 0 Å². The van der Waals surface area contributed by atoms with Gasteiger partial charge in [-0.15, -0.1) is 0 Å². The van der Waals surface area contributed by atoms with E-state index in [0.29, 0.717) is 17.8 Å². The average Bonchev–Trinajstić information content (AvgIpc) is 2.40. The summed E-state index contributed by atoms with van der Waals surface area (Å²) in [6.45, 7) is 2.37. The number of aliphatic hydroxyl groups excluding tert-OH is 1. The van der Waals surface area contributed by atoms with Gasteiger partial charge in [-0.3, -0.25) is 4.79 Å². The van der Waals surface area contributed by atoms with Crippen molar-refractivity contribution in [1.29, 1.82) is 0 Å². The maximum atomic E-state index is 11.7. The molecule has 0 fully saturated rings. The van der Waals surface area contributed by atoms with Gasteiger partial charge in [0.1, 0.15) is 0 Å². The number of carbonyl (C=O) groups excluding carboxylic acids is 2. The first kappa shape index (κ1) is 15.1. The van der Waals surface area contributed by atoms with Crippen molar-refractivity contribution in [2.75, 3.05) is 31.6 Å². The second-order valence-electron chi connectivity index (χ2n) is 3.71. The SMILES string of the molecule is CCOC(=O)c1ccccc1NC(=O)CNCCO. The summed E-state index contributed by atoms with van der Waals surface area (Å²) in [5.41, 5.74) is 0.733. The molecule has 1 amide bonds. The molecule has 0 saturated carbocycles. The van der Waals surface area contributed by atoms with Gasteiger partial charge in [0.2, 0.25) is 5.91 Å². The number of para-hydroxylation sites is 1. The van der Waals surface area contributed by atoms with Gasteiger partial charge in [-0.2, -0.15) is 0 Å². The van der Waals surface area contributed by atoms with E-state index in [9.17, 15) is 9.59 Å². The molecule has 0 radical (unpaired) electrons. The first-order valence-corrected chi connectivity index (χ1v) is 6.06. The first-order chi connectivity index (χ1) is 9.19. The highest BCUT2D eigenvalue weighted by Gasteiger charge is 2.13. The lowest BCUT2D eigenvalue weighted by molar-refractivity contribution is -0.115. The van der Waals surface area contributed by atoms with Crippen LogP contribution >= 0.6 is 0 Å². The Balaban J connectivity index is 2.67. The van der Waals surface area contributed by atoms with Crippen LogP contribution in [0.15, 0.2) is 24.3 Å². The summed E-state index contributed by atoms with van der Waals surface area (Å²) in [6.07, 6.45) is 0. The fourth-order valence-electron chi connectivity index (χ4n) is 1.45. The summed E-state index contributed by atoms with van der Waals surface area (Å²) in [4.78, 5) is 23.3. The van der Waals surface area contributed by atoms with Gasteiger partial charge in [0, 0.05) is 6.54 Å². The second-order valence-corrected chi connectivity index (χ2v) is 3.71. The van der Waals surface area contributed by atoms with Crippen LogP contribution in [-0.4, -0.2) is 43.3 Å². The van der Waals surface area contributed by atoms with E-state index in [1.165, 1.54) is 0 Å². The molecule has 0 bridgehead atoms. The lowest BCUT2D eigenvalue weighted by Gasteiger charge is -2.10. The van der Waals surface area contributed by atoms with Crippen LogP contribution in [-0.2, 0) is 9.53 Å². The van der Waals surface area contributed by atoms with Gasteiger partial charge in [-0.25, -0.2) is 4.79 Å². The highest BCUT2D eigenvalue weighted by molar-refractivity contribution is 6.01. The molecule has 0 heterocycles. The number of amides is 1. The summed E-state index contributed by atoms with van der Waals surface area (Å²) in [5, 5.41) is 14.0. The zero-order chi connectivity index (χ0) is 14.1. The normalized spacial score (nSPS) is 10.0. The van der Waals surface area contributed by atoms with Gasteiger partial charge < -0.3 is 20.5 Å². The third kappa shape index (κ3) is 5.07. The van der Waals surface area contributed by atoms with Gasteiger partial charge in [-0.05, 0) is 19.1 Å². The van der Waals surface area contributed by atoms with Crippen LogP contribution in [0.2, 0.25) is 0 Å². The quantitative estimate of drug-likeness (QED) is 0.490. The summed E-state index contributed by atoms with van der Waals surface area (Å²) in [6, 6.07) is 6.65. The molecule has 1 rings (SSSR count). The van der Waals surface area contributed by atoms with E-state index in [1.807, 2.05) is 0 Å². The molecule has 0 aliphatic heterocycles. The fourth-order valence-corrected chi connectivity index (χ4v) is 1.45. The predicted octanol–water partition coefficient (Wildman–Crippen LogP) is 0.384. The number of rotatable bonds is 7. The average molecular weight is 266 g/mol. The van der Waals surface area contributed by atoms with Crippen LogP contribution < -0.4 is 10.6 Å². The van der Waals surface area contributed by atoms with Crippen LogP contribution in [0.5, 0.6) is 0 Å². The van der Waals surface area contributed by atoms with Gasteiger partial charge in [0.05, 0.1) is 31.0 Å². The summed E-state index contributed by atoms with van der Waals surface area (Å²) in [5.74, 6) is -0.757. The van der Waals surface area contributed by atoms with Crippen LogP contribution in [0.3, 0.4) is 0 Å². The highest BCUT2D eigenvalue weighted by atomic mass is 16.5. The first-order valence-electron chi connectivity index (χ1n) is 6.06. The maximum absolute atomic E-state index is 11.7. The molecule has 0 saturated heterocycles. The number of aliphatic hydroxyl groups is 1. The monoisotopic (exact) mass is 266 g/mol. The molecule has 19 heavy (non-hydrogen) atoms. The van der Waals surface area contributed by atoms with Crippen molar-refractivity contribution < 1.29 is 19.4 Å². The Hall–Kier alpha value is -1.92. The third-order valence-corrected chi connectivity index (χ3v) is 2.27. The molecule has 6 nitrogen and oxygen atoms in total. The molecule has 1 aromatic rings. The number of nitrogens with one attached hydrogen (secondary N) is 2. The van der Waals surface area contributed by atoms with Crippen molar-refractivity contribution in [2.45, 2.75) is 6.92 Å². The Morgan fingerprint density at radius 2 is 2.05 bits per heavy atom. The van der Waals surface area contributed by atoms with Crippen molar-refractivity contribution >= 4 is 17.6 Å². The maximum Gasteiger partial charge on any atom is 0.340 e. The zero-order valence-electron chi connectivity index (χ0n) is 10.8. The smallest absolute Gasteiger partial charge is 0.340 e. The van der Waals surface area contributed by atoms with Gasteiger partial charge in [0.25, 0.3) is 0 Å². The second kappa shape index (κ2) is 8.23.